The van der Waals surface area contributed by atoms with E-state index < -0.39 is 23.4 Å². The number of non-ortho nitro benzene ring substituents is 1. The highest BCUT2D eigenvalue weighted by molar-refractivity contribution is 8.00. The topological polar surface area (TPSA) is 98.5 Å². The lowest BCUT2D eigenvalue weighted by Gasteiger charge is -2.07. The number of nitro groups is 1. The Balaban J connectivity index is 1.73. The van der Waals surface area contributed by atoms with E-state index in [1.165, 1.54) is 12.1 Å². The van der Waals surface area contributed by atoms with E-state index in [1.54, 1.807) is 36.4 Å². The first kappa shape index (κ1) is 18.8. The predicted molar refractivity (Wildman–Crippen MR) is 94.9 cm³/mol. The Hall–Kier alpha value is -2.58. The van der Waals surface area contributed by atoms with Crippen LogP contribution < -0.4 is 5.32 Å². The highest BCUT2D eigenvalue weighted by Gasteiger charge is 2.10. The Morgan fingerprint density at radius 2 is 1.92 bits per heavy atom. The Morgan fingerprint density at radius 3 is 2.56 bits per heavy atom. The average Bonchev–Trinajstić information content (AvgIpc) is 2.58. The first-order chi connectivity index (χ1) is 11.9. The second-order valence-corrected chi connectivity index (χ2v) is 6.24. The summed E-state index contributed by atoms with van der Waals surface area (Å²) in [6.07, 6.45) is 0. The molecule has 2 rings (SSSR count). The SMILES string of the molecule is O=C(COC(=O)CSc1ccc([N+](=O)[O-])cc1)Nc1cccc(Cl)c1. The summed E-state index contributed by atoms with van der Waals surface area (Å²) in [7, 11) is 0. The van der Waals surface area contributed by atoms with Gasteiger partial charge in [-0.1, -0.05) is 17.7 Å². The first-order valence-corrected chi connectivity index (χ1v) is 8.38. The third kappa shape index (κ3) is 6.44. The maximum Gasteiger partial charge on any atom is 0.316 e. The van der Waals surface area contributed by atoms with Crippen molar-refractivity contribution in [3.05, 3.63) is 63.7 Å². The minimum atomic E-state index is -0.565. The number of anilines is 1. The van der Waals surface area contributed by atoms with Crippen molar-refractivity contribution in [3.63, 3.8) is 0 Å². The van der Waals surface area contributed by atoms with Gasteiger partial charge in [0.15, 0.2) is 6.61 Å². The summed E-state index contributed by atoms with van der Waals surface area (Å²) in [6, 6.07) is 12.4. The molecule has 0 spiro atoms. The van der Waals surface area contributed by atoms with Crippen molar-refractivity contribution in [2.24, 2.45) is 0 Å². The number of nitrogens with zero attached hydrogens (tertiary/aromatic N) is 1. The predicted octanol–water partition coefficient (Wildman–Crippen LogP) is 3.52. The third-order valence-corrected chi connectivity index (χ3v) is 4.10. The van der Waals surface area contributed by atoms with Crippen LogP contribution in [0.3, 0.4) is 0 Å². The van der Waals surface area contributed by atoms with E-state index in [4.69, 9.17) is 16.3 Å². The summed E-state index contributed by atoms with van der Waals surface area (Å²) >= 11 is 6.97. The number of halogens is 1. The molecule has 9 heteroatoms. The van der Waals surface area contributed by atoms with E-state index in [2.05, 4.69) is 5.32 Å². The van der Waals surface area contributed by atoms with Crippen molar-refractivity contribution >= 4 is 46.6 Å². The van der Waals surface area contributed by atoms with Gasteiger partial charge in [-0.2, -0.15) is 0 Å². The highest BCUT2D eigenvalue weighted by atomic mass is 35.5. The minimum absolute atomic E-state index is 0.0117. The molecule has 7 nitrogen and oxygen atoms in total. The van der Waals surface area contributed by atoms with E-state index in [1.807, 2.05) is 0 Å². The van der Waals surface area contributed by atoms with Gasteiger partial charge in [0.1, 0.15) is 0 Å². The van der Waals surface area contributed by atoms with Gasteiger partial charge < -0.3 is 10.1 Å². The van der Waals surface area contributed by atoms with Crippen LogP contribution in [0.4, 0.5) is 11.4 Å². The Labute approximate surface area is 152 Å². The van der Waals surface area contributed by atoms with Gasteiger partial charge in [0, 0.05) is 27.7 Å². The number of nitro benzene ring substituents is 1. The number of hydrogen-bond acceptors (Lipinski definition) is 6. The van der Waals surface area contributed by atoms with Gasteiger partial charge in [0.2, 0.25) is 0 Å². The molecule has 130 valence electrons. The molecule has 0 aliphatic carbocycles. The Morgan fingerprint density at radius 1 is 1.20 bits per heavy atom. The van der Waals surface area contributed by atoms with Crippen LogP contribution in [0.5, 0.6) is 0 Å². The van der Waals surface area contributed by atoms with Crippen molar-refractivity contribution in [1.29, 1.82) is 0 Å². The minimum Gasteiger partial charge on any atom is -0.455 e. The van der Waals surface area contributed by atoms with Gasteiger partial charge in [-0.3, -0.25) is 19.7 Å². The summed E-state index contributed by atoms with van der Waals surface area (Å²) in [4.78, 5) is 34.1. The van der Waals surface area contributed by atoms with Crippen molar-refractivity contribution in [3.8, 4) is 0 Å². The van der Waals surface area contributed by atoms with E-state index in [0.29, 0.717) is 15.6 Å². The van der Waals surface area contributed by atoms with Crippen LogP contribution >= 0.6 is 23.4 Å². The fourth-order valence-corrected chi connectivity index (χ4v) is 2.64. The van der Waals surface area contributed by atoms with Gasteiger partial charge in [-0.15, -0.1) is 11.8 Å². The van der Waals surface area contributed by atoms with Gasteiger partial charge in [-0.05, 0) is 30.3 Å². The Bertz CT molecular complexity index is 782. The van der Waals surface area contributed by atoms with Crippen LogP contribution in [0.15, 0.2) is 53.4 Å². The number of benzene rings is 2. The maximum atomic E-state index is 11.7. The normalized spacial score (nSPS) is 10.1. The van der Waals surface area contributed by atoms with Gasteiger partial charge in [0.25, 0.3) is 11.6 Å². The zero-order valence-electron chi connectivity index (χ0n) is 12.8. The molecule has 0 saturated heterocycles. The smallest absolute Gasteiger partial charge is 0.316 e. The lowest BCUT2D eigenvalue weighted by Crippen LogP contribution is -2.21. The molecule has 2 aromatic rings. The number of ether oxygens (including phenoxy) is 1. The lowest BCUT2D eigenvalue weighted by molar-refractivity contribution is -0.384. The number of hydrogen-bond donors (Lipinski definition) is 1. The summed E-state index contributed by atoms with van der Waals surface area (Å²) in [5.74, 6) is -1.05. The van der Waals surface area contributed by atoms with Crippen molar-refractivity contribution in [1.82, 2.24) is 0 Å². The Kier molecular flexibility index (Phi) is 6.79. The second kappa shape index (κ2) is 9.05. The summed E-state index contributed by atoms with van der Waals surface area (Å²) in [5.41, 5.74) is 0.485. The molecule has 0 fully saturated rings. The van der Waals surface area contributed by atoms with E-state index >= 15 is 0 Å². The van der Waals surface area contributed by atoms with Crippen molar-refractivity contribution in [2.75, 3.05) is 17.7 Å². The molecule has 1 N–H and O–H groups in total. The highest BCUT2D eigenvalue weighted by Crippen LogP contribution is 2.21. The average molecular weight is 381 g/mol. The molecule has 2 aromatic carbocycles. The number of nitrogens with one attached hydrogen (secondary N) is 1. The zero-order valence-corrected chi connectivity index (χ0v) is 14.4. The molecule has 0 aromatic heterocycles. The molecule has 0 unspecified atom stereocenters. The molecule has 1 amide bonds. The molecule has 0 heterocycles. The van der Waals surface area contributed by atoms with Gasteiger partial charge in [-0.25, -0.2) is 0 Å². The number of carbonyl (C=O) groups is 2. The molecule has 0 radical (unpaired) electrons. The monoisotopic (exact) mass is 380 g/mol. The summed E-state index contributed by atoms with van der Waals surface area (Å²) in [6.45, 7) is -0.411. The largest absolute Gasteiger partial charge is 0.455 e. The molecule has 0 bridgehead atoms. The number of amides is 1. The maximum absolute atomic E-state index is 11.7. The quantitative estimate of drug-likeness (QED) is 0.341. The van der Waals surface area contributed by atoms with Crippen LogP contribution in [0, 0.1) is 10.1 Å². The van der Waals surface area contributed by atoms with E-state index in [0.717, 1.165) is 11.8 Å². The van der Waals surface area contributed by atoms with Crippen molar-refractivity contribution in [2.45, 2.75) is 4.90 Å². The fourth-order valence-electron chi connectivity index (χ4n) is 1.76. The zero-order chi connectivity index (χ0) is 18.2. The number of thioether (sulfide) groups is 1. The fraction of sp³-hybridized carbons (Fsp3) is 0.125. The van der Waals surface area contributed by atoms with Gasteiger partial charge >= 0.3 is 5.97 Å². The van der Waals surface area contributed by atoms with E-state index in [9.17, 15) is 19.7 Å². The van der Waals surface area contributed by atoms with Gasteiger partial charge in [0.05, 0.1) is 10.7 Å². The van der Waals surface area contributed by atoms with Crippen LogP contribution in [0.1, 0.15) is 0 Å². The van der Waals surface area contributed by atoms with Crippen molar-refractivity contribution < 1.29 is 19.2 Å². The number of carbonyl (C=O) groups excluding carboxylic acids is 2. The number of rotatable bonds is 7. The summed E-state index contributed by atoms with van der Waals surface area (Å²) in [5, 5.41) is 13.6. The molecular weight excluding hydrogens is 368 g/mol. The first-order valence-electron chi connectivity index (χ1n) is 7.02. The molecule has 25 heavy (non-hydrogen) atoms. The van der Waals surface area contributed by atoms with Crippen LogP contribution in [-0.4, -0.2) is 29.2 Å². The standard InChI is InChI=1S/C16H13ClN2O5S/c17-11-2-1-3-12(8-11)18-15(20)9-24-16(21)10-25-14-6-4-13(5-7-14)19(22)23/h1-8H,9-10H2,(H,18,20). The summed E-state index contributed by atoms with van der Waals surface area (Å²) < 4.78 is 4.88. The molecule has 0 saturated carbocycles. The van der Waals surface area contributed by atoms with Crippen LogP contribution in [-0.2, 0) is 14.3 Å². The van der Waals surface area contributed by atoms with Crippen LogP contribution in [0.2, 0.25) is 5.02 Å². The lowest BCUT2D eigenvalue weighted by atomic mass is 10.3. The van der Waals surface area contributed by atoms with Crippen LogP contribution in [0.25, 0.3) is 0 Å². The van der Waals surface area contributed by atoms with E-state index in [-0.39, 0.29) is 11.4 Å². The molecule has 0 aliphatic heterocycles. The number of esters is 1. The molecule has 0 aliphatic rings. The molecular formula is C16H13ClN2O5S. The second-order valence-electron chi connectivity index (χ2n) is 4.76. The molecule has 0 atom stereocenters. The third-order valence-electron chi connectivity index (χ3n) is 2.88.